The topological polar surface area (TPSA) is 60.5 Å². The lowest BCUT2D eigenvalue weighted by Crippen LogP contribution is -2.24. The van der Waals surface area contributed by atoms with Gasteiger partial charge in [0, 0.05) is 31.0 Å². The second-order valence-electron chi connectivity index (χ2n) is 5.79. The molecule has 2 aromatic rings. The van der Waals surface area contributed by atoms with Gasteiger partial charge in [0.1, 0.15) is 0 Å². The molecule has 2 heterocycles. The second-order valence-corrected chi connectivity index (χ2v) is 5.79. The van der Waals surface area contributed by atoms with Crippen LogP contribution in [0.4, 0.5) is 0 Å². The maximum atomic E-state index is 12.1. The highest BCUT2D eigenvalue weighted by molar-refractivity contribution is 5.83. The molecule has 1 amide bonds. The third kappa shape index (κ3) is 3.99. The number of aromatic nitrogens is 1. The van der Waals surface area contributed by atoms with Crippen molar-refractivity contribution in [1.29, 1.82) is 0 Å². The van der Waals surface area contributed by atoms with Crippen LogP contribution >= 0.6 is 0 Å². The third-order valence-electron chi connectivity index (χ3n) is 4.18. The van der Waals surface area contributed by atoms with Crippen molar-refractivity contribution in [1.82, 2.24) is 10.3 Å². The molecule has 3 rings (SSSR count). The van der Waals surface area contributed by atoms with Gasteiger partial charge in [0.05, 0.1) is 18.7 Å². The van der Waals surface area contributed by atoms with Crippen LogP contribution < -0.4 is 10.1 Å². The van der Waals surface area contributed by atoms with E-state index >= 15 is 0 Å². The van der Waals surface area contributed by atoms with E-state index in [1.807, 2.05) is 30.3 Å². The van der Waals surface area contributed by atoms with E-state index in [0.717, 1.165) is 42.3 Å². The Kier molecular flexibility index (Phi) is 5.08. The van der Waals surface area contributed by atoms with E-state index in [9.17, 15) is 4.79 Å². The van der Waals surface area contributed by atoms with E-state index in [1.165, 1.54) is 0 Å². The van der Waals surface area contributed by atoms with Crippen LogP contribution in [-0.2, 0) is 16.1 Å². The summed E-state index contributed by atoms with van der Waals surface area (Å²) in [5, 5.41) is 4.02. The molecule has 5 nitrogen and oxygen atoms in total. The van der Waals surface area contributed by atoms with Crippen molar-refractivity contribution in [3.8, 4) is 5.88 Å². The van der Waals surface area contributed by atoms with Crippen LogP contribution in [0.3, 0.4) is 0 Å². The highest BCUT2D eigenvalue weighted by Gasteiger charge is 2.16. The van der Waals surface area contributed by atoms with Crippen LogP contribution in [0.25, 0.3) is 10.9 Å². The molecule has 5 heteroatoms. The average Bonchev–Trinajstić information content (AvgIpc) is 3.11. The molecule has 1 aromatic carbocycles. The van der Waals surface area contributed by atoms with Gasteiger partial charge in [-0.05, 0) is 30.9 Å². The van der Waals surface area contributed by atoms with Gasteiger partial charge in [0.2, 0.25) is 11.8 Å². The van der Waals surface area contributed by atoms with Crippen LogP contribution in [0.5, 0.6) is 5.88 Å². The van der Waals surface area contributed by atoms with Gasteiger partial charge < -0.3 is 14.8 Å². The van der Waals surface area contributed by atoms with Gasteiger partial charge >= 0.3 is 0 Å². The summed E-state index contributed by atoms with van der Waals surface area (Å²) in [7, 11) is 1.60. The van der Waals surface area contributed by atoms with Gasteiger partial charge in [-0.2, -0.15) is 0 Å². The van der Waals surface area contributed by atoms with E-state index in [-0.39, 0.29) is 12.0 Å². The number of para-hydroxylation sites is 1. The minimum absolute atomic E-state index is 0.0559. The number of nitrogens with one attached hydrogen (secondary N) is 1. The van der Waals surface area contributed by atoms with Gasteiger partial charge in [-0.25, -0.2) is 4.98 Å². The highest BCUT2D eigenvalue weighted by Crippen LogP contribution is 2.22. The monoisotopic (exact) mass is 314 g/mol. The fourth-order valence-electron chi connectivity index (χ4n) is 2.92. The smallest absolute Gasteiger partial charge is 0.220 e. The molecule has 122 valence electrons. The minimum Gasteiger partial charge on any atom is -0.481 e. The van der Waals surface area contributed by atoms with Crippen molar-refractivity contribution >= 4 is 16.8 Å². The zero-order chi connectivity index (χ0) is 16.1. The van der Waals surface area contributed by atoms with Gasteiger partial charge in [-0.1, -0.05) is 18.2 Å². The van der Waals surface area contributed by atoms with Crippen LogP contribution in [-0.4, -0.2) is 30.7 Å². The van der Waals surface area contributed by atoms with Crippen molar-refractivity contribution < 1.29 is 14.3 Å². The molecule has 0 bridgehead atoms. The van der Waals surface area contributed by atoms with Crippen molar-refractivity contribution in [3.63, 3.8) is 0 Å². The molecule has 1 aromatic heterocycles. The lowest BCUT2D eigenvalue weighted by atomic mass is 10.1. The number of hydrogen-bond acceptors (Lipinski definition) is 4. The van der Waals surface area contributed by atoms with Crippen LogP contribution in [0.15, 0.2) is 30.3 Å². The molecular formula is C18H22N2O3. The maximum Gasteiger partial charge on any atom is 0.220 e. The molecule has 1 aliphatic rings. The molecule has 0 saturated carbocycles. The molecule has 1 N–H and O–H groups in total. The first-order chi connectivity index (χ1) is 11.3. The number of rotatable bonds is 6. The standard InChI is InChI=1S/C18H22N2O3/c1-22-18-11-13(15-6-2-3-7-16(15)20-18)12-19-17(21)9-8-14-5-4-10-23-14/h2-3,6-7,11,14H,4-5,8-10,12H2,1H3,(H,19,21)/t14-/m1/s1. The van der Waals surface area contributed by atoms with E-state index < -0.39 is 0 Å². The zero-order valence-electron chi connectivity index (χ0n) is 13.4. The van der Waals surface area contributed by atoms with Crippen molar-refractivity contribution in [2.45, 2.75) is 38.3 Å². The second kappa shape index (κ2) is 7.42. The summed E-state index contributed by atoms with van der Waals surface area (Å²) >= 11 is 0. The summed E-state index contributed by atoms with van der Waals surface area (Å²) < 4.78 is 10.8. The lowest BCUT2D eigenvalue weighted by Gasteiger charge is -2.11. The van der Waals surface area contributed by atoms with Crippen LogP contribution in [0, 0.1) is 0 Å². The molecule has 1 aliphatic heterocycles. The summed E-state index contributed by atoms with van der Waals surface area (Å²) in [5.41, 5.74) is 1.88. The molecule has 0 radical (unpaired) electrons. The number of benzene rings is 1. The number of nitrogens with zero attached hydrogens (tertiary/aromatic N) is 1. The lowest BCUT2D eigenvalue weighted by molar-refractivity contribution is -0.121. The molecule has 23 heavy (non-hydrogen) atoms. The normalized spacial score (nSPS) is 17.3. The molecule has 1 atom stereocenters. The van der Waals surface area contributed by atoms with Gasteiger partial charge in [-0.15, -0.1) is 0 Å². The van der Waals surface area contributed by atoms with Crippen LogP contribution in [0.2, 0.25) is 0 Å². The Morgan fingerprint density at radius 2 is 2.30 bits per heavy atom. The summed E-state index contributed by atoms with van der Waals surface area (Å²) in [6.07, 6.45) is 3.73. The Hall–Kier alpha value is -2.14. The van der Waals surface area contributed by atoms with Crippen LogP contribution in [0.1, 0.15) is 31.2 Å². The highest BCUT2D eigenvalue weighted by atomic mass is 16.5. The van der Waals surface area contributed by atoms with E-state index in [2.05, 4.69) is 10.3 Å². The van der Waals surface area contributed by atoms with Gasteiger partial charge in [0.25, 0.3) is 0 Å². The number of methoxy groups -OCH3 is 1. The fourth-order valence-corrected chi connectivity index (χ4v) is 2.92. The van der Waals surface area contributed by atoms with Gasteiger partial charge in [0.15, 0.2) is 0 Å². The van der Waals surface area contributed by atoms with E-state index in [1.54, 1.807) is 7.11 Å². The van der Waals surface area contributed by atoms with E-state index in [0.29, 0.717) is 18.8 Å². The SMILES string of the molecule is COc1cc(CNC(=O)CC[C@H]2CCCO2)c2ccccc2n1. The molecule has 0 spiro atoms. The summed E-state index contributed by atoms with van der Waals surface area (Å²) in [5.74, 6) is 0.618. The molecule has 1 saturated heterocycles. The quantitative estimate of drug-likeness (QED) is 0.890. The summed E-state index contributed by atoms with van der Waals surface area (Å²) in [4.78, 5) is 16.5. The predicted molar refractivity (Wildman–Crippen MR) is 88.3 cm³/mol. The minimum atomic E-state index is 0.0559. The first kappa shape index (κ1) is 15.7. The number of pyridine rings is 1. The molecule has 1 fully saturated rings. The molecule has 0 unspecified atom stereocenters. The molecule has 0 aliphatic carbocycles. The number of carbonyl (C=O) groups is 1. The summed E-state index contributed by atoms with van der Waals surface area (Å²) in [6, 6.07) is 9.75. The fraction of sp³-hybridized carbons (Fsp3) is 0.444. The first-order valence-electron chi connectivity index (χ1n) is 8.07. The Morgan fingerprint density at radius 1 is 1.43 bits per heavy atom. The number of amides is 1. The Bertz CT molecular complexity index is 681. The number of hydrogen-bond donors (Lipinski definition) is 1. The van der Waals surface area contributed by atoms with Crippen molar-refractivity contribution in [3.05, 3.63) is 35.9 Å². The van der Waals surface area contributed by atoms with E-state index in [4.69, 9.17) is 9.47 Å². The van der Waals surface area contributed by atoms with Crippen molar-refractivity contribution in [2.75, 3.05) is 13.7 Å². The first-order valence-corrected chi connectivity index (χ1v) is 8.07. The third-order valence-corrected chi connectivity index (χ3v) is 4.18. The summed E-state index contributed by atoms with van der Waals surface area (Å²) in [6.45, 7) is 1.30. The molecular weight excluding hydrogens is 292 g/mol. The largest absolute Gasteiger partial charge is 0.481 e. The van der Waals surface area contributed by atoms with Crippen molar-refractivity contribution in [2.24, 2.45) is 0 Å². The van der Waals surface area contributed by atoms with Gasteiger partial charge in [-0.3, -0.25) is 4.79 Å². The number of ether oxygens (including phenoxy) is 2. The predicted octanol–water partition coefficient (Wildman–Crippen LogP) is 2.82. The Morgan fingerprint density at radius 3 is 3.09 bits per heavy atom. The maximum absolute atomic E-state index is 12.1. The zero-order valence-corrected chi connectivity index (χ0v) is 13.4. The Balaban J connectivity index is 1.62. The number of carbonyl (C=O) groups excluding carboxylic acids is 1. The Labute approximate surface area is 136 Å². The number of fused-ring (bicyclic) bond motifs is 1. The average molecular weight is 314 g/mol.